The van der Waals surface area contributed by atoms with Crippen LogP contribution in [0.3, 0.4) is 0 Å². The summed E-state index contributed by atoms with van der Waals surface area (Å²) in [6.45, 7) is 6.44. The molecular formula is C16H23ClO3. The van der Waals surface area contributed by atoms with E-state index >= 15 is 0 Å². The molecule has 0 radical (unpaired) electrons. The van der Waals surface area contributed by atoms with Crippen LogP contribution in [0.5, 0.6) is 5.75 Å². The molecule has 0 aromatic heterocycles. The van der Waals surface area contributed by atoms with E-state index < -0.39 is 5.97 Å². The fraction of sp³-hybridized carbons (Fsp3) is 0.562. The van der Waals surface area contributed by atoms with Gasteiger partial charge < -0.3 is 9.84 Å². The predicted molar refractivity (Wildman–Crippen MR) is 81.8 cm³/mol. The maximum Gasteiger partial charge on any atom is 0.303 e. The first-order valence-corrected chi connectivity index (χ1v) is 7.23. The Kier molecular flexibility index (Phi) is 5.88. The van der Waals surface area contributed by atoms with Crippen molar-refractivity contribution in [1.82, 2.24) is 0 Å². The number of methoxy groups -OCH3 is 1. The van der Waals surface area contributed by atoms with Crippen LogP contribution >= 0.6 is 11.6 Å². The highest BCUT2D eigenvalue weighted by molar-refractivity contribution is 6.21. The third-order valence-corrected chi connectivity index (χ3v) is 3.73. The van der Waals surface area contributed by atoms with Crippen LogP contribution in [0.2, 0.25) is 0 Å². The van der Waals surface area contributed by atoms with Gasteiger partial charge in [-0.1, -0.05) is 32.9 Å². The second-order valence-corrected chi connectivity index (χ2v) is 6.49. The SMILES string of the molecule is COc1ccc(C(C)(C)C)cc1C(Cl)CCCC(=O)O. The van der Waals surface area contributed by atoms with Gasteiger partial charge in [0.2, 0.25) is 0 Å². The molecule has 1 rings (SSSR count). The summed E-state index contributed by atoms with van der Waals surface area (Å²) < 4.78 is 5.36. The topological polar surface area (TPSA) is 46.5 Å². The Morgan fingerprint density at radius 2 is 2.05 bits per heavy atom. The molecule has 0 aliphatic rings. The molecule has 0 saturated carbocycles. The van der Waals surface area contributed by atoms with Gasteiger partial charge in [-0.05, 0) is 29.9 Å². The molecule has 0 heterocycles. The van der Waals surface area contributed by atoms with Gasteiger partial charge in [-0.15, -0.1) is 11.6 Å². The molecule has 0 fully saturated rings. The smallest absolute Gasteiger partial charge is 0.303 e. The van der Waals surface area contributed by atoms with Gasteiger partial charge in [0.05, 0.1) is 12.5 Å². The average molecular weight is 299 g/mol. The highest BCUT2D eigenvalue weighted by Gasteiger charge is 2.19. The fourth-order valence-corrected chi connectivity index (χ4v) is 2.36. The van der Waals surface area contributed by atoms with E-state index in [2.05, 4.69) is 26.8 Å². The van der Waals surface area contributed by atoms with Gasteiger partial charge in [0, 0.05) is 12.0 Å². The van der Waals surface area contributed by atoms with Crippen LogP contribution in [0.15, 0.2) is 18.2 Å². The fourth-order valence-electron chi connectivity index (χ4n) is 2.03. The number of halogens is 1. The number of aliphatic carboxylic acids is 1. The van der Waals surface area contributed by atoms with Gasteiger partial charge in [-0.3, -0.25) is 4.79 Å². The summed E-state index contributed by atoms with van der Waals surface area (Å²) in [5.41, 5.74) is 2.17. The number of hydrogen-bond donors (Lipinski definition) is 1. The maximum atomic E-state index is 10.6. The van der Waals surface area contributed by atoms with Gasteiger partial charge in [-0.25, -0.2) is 0 Å². The summed E-state index contributed by atoms with van der Waals surface area (Å²) in [4.78, 5) is 10.6. The molecule has 3 nitrogen and oxygen atoms in total. The summed E-state index contributed by atoms with van der Waals surface area (Å²) in [6.07, 6.45) is 1.33. The van der Waals surface area contributed by atoms with E-state index in [-0.39, 0.29) is 17.2 Å². The number of alkyl halides is 1. The first-order chi connectivity index (χ1) is 9.25. The minimum atomic E-state index is -0.788. The first kappa shape index (κ1) is 16.8. The van der Waals surface area contributed by atoms with Crippen LogP contribution in [0, 0.1) is 0 Å². The number of rotatable bonds is 6. The van der Waals surface area contributed by atoms with Crippen molar-refractivity contribution in [3.05, 3.63) is 29.3 Å². The number of carboxylic acid groups (broad SMARTS) is 1. The zero-order valence-electron chi connectivity index (χ0n) is 12.6. The zero-order valence-corrected chi connectivity index (χ0v) is 13.3. The summed E-state index contributed by atoms with van der Waals surface area (Å²) in [5, 5.41) is 8.45. The molecule has 0 amide bonds. The molecule has 0 spiro atoms. The molecule has 1 unspecified atom stereocenters. The minimum Gasteiger partial charge on any atom is -0.496 e. The lowest BCUT2D eigenvalue weighted by molar-refractivity contribution is -0.137. The number of hydrogen-bond acceptors (Lipinski definition) is 2. The molecule has 1 aromatic carbocycles. The van der Waals surface area contributed by atoms with E-state index in [0.717, 1.165) is 11.3 Å². The Labute approximate surface area is 125 Å². The lowest BCUT2D eigenvalue weighted by Gasteiger charge is -2.22. The Bertz CT molecular complexity index is 463. The molecule has 1 atom stereocenters. The van der Waals surface area contributed by atoms with Gasteiger partial charge in [0.1, 0.15) is 5.75 Å². The van der Waals surface area contributed by atoms with Gasteiger partial charge in [0.15, 0.2) is 0 Å². The van der Waals surface area contributed by atoms with Gasteiger partial charge in [0.25, 0.3) is 0 Å². The van der Waals surface area contributed by atoms with Crippen LogP contribution < -0.4 is 4.74 Å². The molecule has 1 N–H and O–H groups in total. The molecular weight excluding hydrogens is 276 g/mol. The average Bonchev–Trinajstić information content (AvgIpc) is 2.36. The van der Waals surface area contributed by atoms with Crippen molar-refractivity contribution in [2.24, 2.45) is 0 Å². The van der Waals surface area contributed by atoms with Crippen molar-refractivity contribution >= 4 is 17.6 Å². The Hall–Kier alpha value is -1.22. The maximum absolute atomic E-state index is 10.6. The number of ether oxygens (including phenoxy) is 1. The largest absolute Gasteiger partial charge is 0.496 e. The van der Waals surface area contributed by atoms with Crippen LogP contribution in [0.1, 0.15) is 56.5 Å². The van der Waals surface area contributed by atoms with Crippen molar-refractivity contribution in [3.8, 4) is 5.75 Å². The number of benzene rings is 1. The normalized spacial score (nSPS) is 13.1. The van der Waals surface area contributed by atoms with Crippen molar-refractivity contribution in [2.75, 3.05) is 7.11 Å². The second-order valence-electron chi connectivity index (χ2n) is 5.96. The van der Waals surface area contributed by atoms with Crippen molar-refractivity contribution in [1.29, 1.82) is 0 Å². The monoisotopic (exact) mass is 298 g/mol. The van der Waals surface area contributed by atoms with E-state index in [9.17, 15) is 4.79 Å². The van der Waals surface area contributed by atoms with E-state index in [1.807, 2.05) is 12.1 Å². The van der Waals surface area contributed by atoms with Gasteiger partial charge in [-0.2, -0.15) is 0 Å². The molecule has 0 aliphatic carbocycles. The van der Waals surface area contributed by atoms with Crippen molar-refractivity contribution in [3.63, 3.8) is 0 Å². The van der Waals surface area contributed by atoms with Crippen LogP contribution in [0.25, 0.3) is 0 Å². The Morgan fingerprint density at radius 1 is 1.40 bits per heavy atom. The summed E-state index contributed by atoms with van der Waals surface area (Å²) in [5.74, 6) is -0.0300. The van der Waals surface area contributed by atoms with Crippen LogP contribution in [-0.2, 0) is 10.2 Å². The Morgan fingerprint density at radius 3 is 2.55 bits per heavy atom. The van der Waals surface area contributed by atoms with E-state index in [1.165, 1.54) is 5.56 Å². The van der Waals surface area contributed by atoms with E-state index in [0.29, 0.717) is 12.8 Å². The summed E-state index contributed by atoms with van der Waals surface area (Å²) >= 11 is 6.42. The first-order valence-electron chi connectivity index (χ1n) is 6.80. The second kappa shape index (κ2) is 6.98. The van der Waals surface area contributed by atoms with Crippen LogP contribution in [-0.4, -0.2) is 18.2 Å². The number of carboxylic acids is 1. The summed E-state index contributed by atoms with van der Waals surface area (Å²) in [6, 6.07) is 6.04. The lowest BCUT2D eigenvalue weighted by atomic mass is 9.85. The molecule has 112 valence electrons. The summed E-state index contributed by atoms with van der Waals surface area (Å²) in [7, 11) is 1.62. The third kappa shape index (κ3) is 4.71. The highest BCUT2D eigenvalue weighted by Crippen LogP contribution is 2.36. The minimum absolute atomic E-state index is 0.0404. The van der Waals surface area contributed by atoms with Crippen molar-refractivity contribution in [2.45, 2.75) is 50.8 Å². The molecule has 4 heteroatoms. The van der Waals surface area contributed by atoms with Gasteiger partial charge >= 0.3 is 5.97 Å². The predicted octanol–water partition coefficient (Wildman–Crippen LogP) is 4.53. The molecule has 0 aliphatic heterocycles. The molecule has 0 bridgehead atoms. The molecule has 20 heavy (non-hydrogen) atoms. The zero-order chi connectivity index (χ0) is 15.3. The molecule has 0 saturated heterocycles. The van der Waals surface area contributed by atoms with E-state index in [4.69, 9.17) is 21.4 Å². The Balaban J connectivity index is 2.92. The van der Waals surface area contributed by atoms with Crippen LogP contribution in [0.4, 0.5) is 0 Å². The third-order valence-electron chi connectivity index (χ3n) is 3.28. The standard InChI is InChI=1S/C16H23ClO3/c1-16(2,3)11-8-9-14(20-4)12(10-11)13(17)6-5-7-15(18)19/h8-10,13H,5-7H2,1-4H3,(H,18,19). The van der Waals surface area contributed by atoms with E-state index in [1.54, 1.807) is 7.11 Å². The molecule has 1 aromatic rings. The lowest BCUT2D eigenvalue weighted by Crippen LogP contribution is -2.12. The van der Waals surface area contributed by atoms with Crippen molar-refractivity contribution < 1.29 is 14.6 Å². The highest BCUT2D eigenvalue weighted by atomic mass is 35.5. The number of carbonyl (C=O) groups is 1. The quantitative estimate of drug-likeness (QED) is 0.785.